The number of halogens is 2. The monoisotopic (exact) mass is 244 g/mol. The van der Waals surface area contributed by atoms with Crippen LogP contribution in [-0.2, 0) is 11.2 Å². The molecule has 3 nitrogen and oxygen atoms in total. The molecule has 16 heavy (non-hydrogen) atoms. The molecule has 0 radical (unpaired) electrons. The largest absolute Gasteiger partial charge is 0.311 e. The molecule has 1 amide bonds. The zero-order chi connectivity index (χ0) is 10.8. The summed E-state index contributed by atoms with van der Waals surface area (Å²) in [5, 5.41) is 2.78. The maximum absolute atomic E-state index is 13.5. The van der Waals surface area contributed by atoms with Crippen molar-refractivity contribution in [3.8, 4) is 0 Å². The summed E-state index contributed by atoms with van der Waals surface area (Å²) in [6, 6.07) is 4.94. The van der Waals surface area contributed by atoms with E-state index in [4.69, 9.17) is 0 Å². The third-order valence-corrected chi connectivity index (χ3v) is 2.57. The lowest BCUT2D eigenvalue weighted by atomic mass is 10.1. The van der Waals surface area contributed by atoms with Crippen LogP contribution in [0.5, 0.6) is 0 Å². The molecule has 0 bridgehead atoms. The van der Waals surface area contributed by atoms with E-state index in [1.807, 2.05) is 6.07 Å². The molecule has 0 aliphatic carbocycles. The smallest absolute Gasteiger partial charge is 0.241 e. The van der Waals surface area contributed by atoms with Gasteiger partial charge in [-0.3, -0.25) is 4.79 Å². The average molecular weight is 245 g/mol. The van der Waals surface area contributed by atoms with E-state index in [2.05, 4.69) is 5.32 Å². The standard InChI is InChI=1S/C11H13FN2O.ClH/c1-13-7-10(15)14-6-5-8-3-2-4-9(12)11(8)14;/h2-4,13H,5-7H2,1H3;1H. The van der Waals surface area contributed by atoms with Gasteiger partial charge in [0.25, 0.3) is 0 Å². The van der Waals surface area contributed by atoms with Crippen molar-refractivity contribution in [3.05, 3.63) is 29.6 Å². The summed E-state index contributed by atoms with van der Waals surface area (Å²) < 4.78 is 13.5. The fourth-order valence-electron chi connectivity index (χ4n) is 1.90. The molecule has 1 aromatic carbocycles. The van der Waals surface area contributed by atoms with Crippen LogP contribution >= 0.6 is 12.4 Å². The van der Waals surface area contributed by atoms with Crippen LogP contribution < -0.4 is 10.2 Å². The SMILES string of the molecule is CNCC(=O)N1CCc2cccc(F)c21.Cl. The summed E-state index contributed by atoms with van der Waals surface area (Å²) in [4.78, 5) is 13.2. The van der Waals surface area contributed by atoms with Gasteiger partial charge in [-0.2, -0.15) is 0 Å². The number of hydrogen-bond donors (Lipinski definition) is 1. The highest BCUT2D eigenvalue weighted by Gasteiger charge is 2.26. The van der Waals surface area contributed by atoms with Gasteiger partial charge in [-0.05, 0) is 25.1 Å². The van der Waals surface area contributed by atoms with Crippen molar-refractivity contribution < 1.29 is 9.18 Å². The number of carbonyl (C=O) groups excluding carboxylic acids is 1. The Morgan fingerprint density at radius 1 is 1.56 bits per heavy atom. The molecule has 1 aliphatic heterocycles. The average Bonchev–Trinajstić information content (AvgIpc) is 2.63. The van der Waals surface area contributed by atoms with E-state index >= 15 is 0 Å². The third-order valence-electron chi connectivity index (χ3n) is 2.57. The highest BCUT2D eigenvalue weighted by molar-refractivity contribution is 5.96. The quantitative estimate of drug-likeness (QED) is 0.852. The molecular weight excluding hydrogens is 231 g/mol. The van der Waals surface area contributed by atoms with E-state index in [1.54, 1.807) is 13.1 Å². The Bertz CT molecular complexity index is 398. The fourth-order valence-corrected chi connectivity index (χ4v) is 1.90. The van der Waals surface area contributed by atoms with Gasteiger partial charge in [0.2, 0.25) is 5.91 Å². The van der Waals surface area contributed by atoms with Crippen LogP contribution in [0.2, 0.25) is 0 Å². The van der Waals surface area contributed by atoms with Gasteiger partial charge in [-0.1, -0.05) is 12.1 Å². The highest BCUT2D eigenvalue weighted by Crippen LogP contribution is 2.30. The second-order valence-electron chi connectivity index (χ2n) is 3.57. The van der Waals surface area contributed by atoms with Crippen molar-refractivity contribution >= 4 is 24.0 Å². The van der Waals surface area contributed by atoms with Crippen molar-refractivity contribution in [2.24, 2.45) is 0 Å². The van der Waals surface area contributed by atoms with Crippen molar-refractivity contribution in [1.29, 1.82) is 0 Å². The molecule has 0 aromatic heterocycles. The molecule has 2 rings (SSSR count). The van der Waals surface area contributed by atoms with Gasteiger partial charge < -0.3 is 10.2 Å². The van der Waals surface area contributed by atoms with Gasteiger partial charge in [0.05, 0.1) is 12.2 Å². The summed E-state index contributed by atoms with van der Waals surface area (Å²) in [6.07, 6.45) is 0.739. The number of amides is 1. The number of para-hydroxylation sites is 1. The molecule has 0 atom stereocenters. The van der Waals surface area contributed by atoms with Crippen LogP contribution in [0.25, 0.3) is 0 Å². The van der Waals surface area contributed by atoms with Crippen molar-refractivity contribution in [2.75, 3.05) is 25.0 Å². The first-order valence-electron chi connectivity index (χ1n) is 4.96. The van der Waals surface area contributed by atoms with Crippen LogP contribution in [-0.4, -0.2) is 26.0 Å². The number of nitrogens with zero attached hydrogens (tertiary/aromatic N) is 1. The minimum atomic E-state index is -0.311. The molecule has 5 heteroatoms. The lowest BCUT2D eigenvalue weighted by molar-refractivity contribution is -0.117. The van der Waals surface area contributed by atoms with Gasteiger partial charge in [-0.25, -0.2) is 4.39 Å². The normalized spacial score (nSPS) is 13.2. The predicted molar refractivity (Wildman–Crippen MR) is 63.6 cm³/mol. The molecule has 0 spiro atoms. The number of carbonyl (C=O) groups is 1. The fraction of sp³-hybridized carbons (Fsp3) is 0.364. The Morgan fingerprint density at radius 2 is 2.31 bits per heavy atom. The first-order valence-corrected chi connectivity index (χ1v) is 4.96. The van der Waals surface area contributed by atoms with E-state index in [-0.39, 0.29) is 30.7 Å². The van der Waals surface area contributed by atoms with Crippen molar-refractivity contribution in [1.82, 2.24) is 5.32 Å². The van der Waals surface area contributed by atoms with E-state index in [1.165, 1.54) is 11.0 Å². The summed E-state index contributed by atoms with van der Waals surface area (Å²) in [7, 11) is 1.70. The van der Waals surface area contributed by atoms with Crippen LogP contribution in [0.1, 0.15) is 5.56 Å². The molecule has 88 valence electrons. The van der Waals surface area contributed by atoms with Crippen molar-refractivity contribution in [2.45, 2.75) is 6.42 Å². The number of rotatable bonds is 2. The van der Waals surface area contributed by atoms with Crippen molar-refractivity contribution in [3.63, 3.8) is 0 Å². The second-order valence-corrected chi connectivity index (χ2v) is 3.57. The number of nitrogens with one attached hydrogen (secondary N) is 1. The zero-order valence-corrected chi connectivity index (χ0v) is 9.81. The van der Waals surface area contributed by atoms with Gasteiger partial charge in [0, 0.05) is 6.54 Å². The van der Waals surface area contributed by atoms with Crippen LogP contribution in [0.4, 0.5) is 10.1 Å². The molecule has 1 heterocycles. The Labute approximate surface area is 100 Å². The first kappa shape index (κ1) is 12.9. The van der Waals surface area contributed by atoms with E-state index < -0.39 is 0 Å². The number of hydrogen-bond acceptors (Lipinski definition) is 2. The maximum Gasteiger partial charge on any atom is 0.241 e. The number of benzene rings is 1. The molecule has 0 fully saturated rings. The molecule has 1 N–H and O–H groups in total. The predicted octanol–water partition coefficient (Wildman–Crippen LogP) is 1.36. The van der Waals surface area contributed by atoms with Gasteiger partial charge in [0.1, 0.15) is 5.82 Å². The molecule has 0 saturated heterocycles. The maximum atomic E-state index is 13.5. The summed E-state index contributed by atoms with van der Waals surface area (Å²) >= 11 is 0. The minimum absolute atomic E-state index is 0. The first-order chi connectivity index (χ1) is 7.24. The molecule has 0 saturated carbocycles. The third kappa shape index (κ3) is 2.18. The zero-order valence-electron chi connectivity index (χ0n) is 9.00. The van der Waals surface area contributed by atoms with E-state index in [0.717, 1.165) is 12.0 Å². The number of anilines is 1. The highest BCUT2D eigenvalue weighted by atomic mass is 35.5. The van der Waals surface area contributed by atoms with Gasteiger partial charge in [-0.15, -0.1) is 12.4 Å². The number of fused-ring (bicyclic) bond motifs is 1. The second kappa shape index (κ2) is 5.27. The lowest BCUT2D eigenvalue weighted by Gasteiger charge is -2.17. The number of likely N-dealkylation sites (N-methyl/N-ethyl adjacent to an activating group) is 1. The van der Waals surface area contributed by atoms with Crippen LogP contribution in [0.3, 0.4) is 0 Å². The molecule has 1 aromatic rings. The summed E-state index contributed by atoms with van der Waals surface area (Å²) in [6.45, 7) is 0.824. The summed E-state index contributed by atoms with van der Waals surface area (Å²) in [5.74, 6) is -0.393. The topological polar surface area (TPSA) is 32.3 Å². The van der Waals surface area contributed by atoms with E-state index in [0.29, 0.717) is 12.2 Å². The lowest BCUT2D eigenvalue weighted by Crippen LogP contribution is -2.36. The minimum Gasteiger partial charge on any atom is -0.311 e. The molecule has 1 aliphatic rings. The van der Waals surface area contributed by atoms with Gasteiger partial charge >= 0.3 is 0 Å². The Kier molecular flexibility index (Phi) is 4.26. The Balaban J connectivity index is 0.00000128. The molecular formula is C11H14ClFN2O. The molecule has 0 unspecified atom stereocenters. The Hall–Kier alpha value is -1.13. The Morgan fingerprint density at radius 3 is 3.00 bits per heavy atom. The van der Waals surface area contributed by atoms with Crippen LogP contribution in [0.15, 0.2) is 18.2 Å². The van der Waals surface area contributed by atoms with Crippen LogP contribution in [0, 0.1) is 5.82 Å². The van der Waals surface area contributed by atoms with Gasteiger partial charge in [0.15, 0.2) is 0 Å². The van der Waals surface area contributed by atoms with E-state index in [9.17, 15) is 9.18 Å². The summed E-state index contributed by atoms with van der Waals surface area (Å²) in [5.41, 5.74) is 1.37.